The van der Waals surface area contributed by atoms with Crippen LogP contribution in [0.5, 0.6) is 0 Å². The lowest BCUT2D eigenvalue weighted by Gasteiger charge is -2.34. The van der Waals surface area contributed by atoms with Crippen LogP contribution in [0.3, 0.4) is 0 Å². The Balaban J connectivity index is 1.69. The van der Waals surface area contributed by atoms with Crippen molar-refractivity contribution in [1.82, 2.24) is 14.8 Å². The van der Waals surface area contributed by atoms with Crippen molar-refractivity contribution in [1.29, 1.82) is 0 Å². The fourth-order valence-electron chi connectivity index (χ4n) is 2.86. The highest BCUT2D eigenvalue weighted by atomic mass is 35.5. The molecule has 0 radical (unpaired) electrons. The standard InChI is InChI=1S/C19H21ClN4O2/c1-13-3-4-16(12-17(13)20)22-18-11-15(5-6-21-18)19(26)24-9-7-23(8-10-24)14(2)25/h3-6,11-12H,7-10H2,1-2H3,(H,21,22). The summed E-state index contributed by atoms with van der Waals surface area (Å²) in [5.41, 5.74) is 2.38. The Morgan fingerprint density at radius 3 is 2.42 bits per heavy atom. The van der Waals surface area contributed by atoms with Crippen LogP contribution < -0.4 is 5.32 Å². The van der Waals surface area contributed by atoms with Gasteiger partial charge in [-0.05, 0) is 36.8 Å². The van der Waals surface area contributed by atoms with E-state index in [-0.39, 0.29) is 11.8 Å². The molecule has 0 atom stereocenters. The molecule has 2 aromatic rings. The Morgan fingerprint density at radius 1 is 1.08 bits per heavy atom. The van der Waals surface area contributed by atoms with Gasteiger partial charge in [0.25, 0.3) is 5.91 Å². The van der Waals surface area contributed by atoms with E-state index in [4.69, 9.17) is 11.6 Å². The first kappa shape index (κ1) is 18.2. The first-order chi connectivity index (χ1) is 12.4. The van der Waals surface area contributed by atoms with Crippen LogP contribution >= 0.6 is 11.6 Å². The molecule has 1 aliphatic rings. The highest BCUT2D eigenvalue weighted by molar-refractivity contribution is 6.31. The van der Waals surface area contributed by atoms with Crippen LogP contribution in [0, 0.1) is 6.92 Å². The number of nitrogens with zero attached hydrogens (tertiary/aromatic N) is 3. The van der Waals surface area contributed by atoms with Gasteiger partial charge < -0.3 is 15.1 Å². The summed E-state index contributed by atoms with van der Waals surface area (Å²) in [6.45, 7) is 5.71. The predicted molar refractivity (Wildman–Crippen MR) is 102 cm³/mol. The molecule has 0 spiro atoms. The minimum atomic E-state index is -0.0550. The molecule has 7 heteroatoms. The monoisotopic (exact) mass is 372 g/mol. The predicted octanol–water partition coefficient (Wildman–Crippen LogP) is 3.09. The number of aromatic nitrogens is 1. The number of pyridine rings is 1. The zero-order valence-corrected chi connectivity index (χ0v) is 15.6. The van der Waals surface area contributed by atoms with E-state index in [1.807, 2.05) is 25.1 Å². The number of nitrogens with one attached hydrogen (secondary N) is 1. The molecule has 1 aromatic heterocycles. The van der Waals surface area contributed by atoms with Crippen molar-refractivity contribution in [2.45, 2.75) is 13.8 Å². The lowest BCUT2D eigenvalue weighted by Crippen LogP contribution is -2.50. The van der Waals surface area contributed by atoms with Gasteiger partial charge in [-0.2, -0.15) is 0 Å². The van der Waals surface area contributed by atoms with Crippen LogP contribution in [0.2, 0.25) is 5.02 Å². The minimum absolute atomic E-state index is 0.0456. The lowest BCUT2D eigenvalue weighted by atomic mass is 10.2. The Labute approximate surface area is 157 Å². The molecule has 0 saturated carbocycles. The molecule has 6 nitrogen and oxygen atoms in total. The SMILES string of the molecule is CC(=O)N1CCN(C(=O)c2ccnc(Nc3ccc(C)c(Cl)c3)c2)CC1. The number of benzene rings is 1. The van der Waals surface area contributed by atoms with Crippen LogP contribution in [0.1, 0.15) is 22.8 Å². The van der Waals surface area contributed by atoms with Crippen LogP contribution in [-0.2, 0) is 4.79 Å². The van der Waals surface area contributed by atoms with Crippen molar-refractivity contribution in [3.8, 4) is 0 Å². The molecule has 26 heavy (non-hydrogen) atoms. The average molecular weight is 373 g/mol. The van der Waals surface area contributed by atoms with Crippen LogP contribution in [0.4, 0.5) is 11.5 Å². The third-order valence-corrected chi connectivity index (χ3v) is 4.87. The summed E-state index contributed by atoms with van der Waals surface area (Å²) in [6.07, 6.45) is 1.61. The minimum Gasteiger partial charge on any atom is -0.340 e. The van der Waals surface area contributed by atoms with Crippen LogP contribution in [0.15, 0.2) is 36.5 Å². The van der Waals surface area contributed by atoms with E-state index in [2.05, 4.69) is 10.3 Å². The van der Waals surface area contributed by atoms with Crippen molar-refractivity contribution < 1.29 is 9.59 Å². The normalized spacial score (nSPS) is 14.3. The molecular weight excluding hydrogens is 352 g/mol. The largest absolute Gasteiger partial charge is 0.340 e. The number of carbonyl (C=O) groups excluding carboxylic acids is 2. The second-order valence-corrected chi connectivity index (χ2v) is 6.72. The van der Waals surface area contributed by atoms with E-state index in [9.17, 15) is 9.59 Å². The van der Waals surface area contributed by atoms with E-state index in [0.717, 1.165) is 11.3 Å². The van der Waals surface area contributed by atoms with Gasteiger partial charge in [0.15, 0.2) is 0 Å². The van der Waals surface area contributed by atoms with E-state index in [1.54, 1.807) is 35.1 Å². The summed E-state index contributed by atoms with van der Waals surface area (Å²) in [6, 6.07) is 9.10. The summed E-state index contributed by atoms with van der Waals surface area (Å²) in [5.74, 6) is 0.572. The van der Waals surface area contributed by atoms with E-state index in [1.165, 1.54) is 0 Å². The maximum atomic E-state index is 12.7. The van der Waals surface area contributed by atoms with Gasteiger partial charge in [-0.1, -0.05) is 17.7 Å². The Hall–Kier alpha value is -2.60. The van der Waals surface area contributed by atoms with Crippen molar-refractivity contribution in [2.24, 2.45) is 0 Å². The van der Waals surface area contributed by atoms with Gasteiger partial charge in [-0.25, -0.2) is 4.98 Å². The summed E-state index contributed by atoms with van der Waals surface area (Å²) in [5, 5.41) is 3.84. The molecule has 0 unspecified atom stereocenters. The molecule has 1 N–H and O–H groups in total. The number of hydrogen-bond donors (Lipinski definition) is 1. The number of hydrogen-bond acceptors (Lipinski definition) is 4. The molecule has 2 heterocycles. The van der Waals surface area contributed by atoms with E-state index < -0.39 is 0 Å². The molecule has 136 valence electrons. The van der Waals surface area contributed by atoms with Crippen LogP contribution in [0.25, 0.3) is 0 Å². The van der Waals surface area contributed by atoms with Crippen molar-refractivity contribution in [3.05, 3.63) is 52.7 Å². The summed E-state index contributed by atoms with van der Waals surface area (Å²) >= 11 is 6.15. The van der Waals surface area contributed by atoms with Gasteiger partial charge in [0.2, 0.25) is 5.91 Å². The first-order valence-electron chi connectivity index (χ1n) is 8.48. The number of aryl methyl sites for hydroxylation is 1. The Bertz CT molecular complexity index is 832. The number of halogens is 1. The highest BCUT2D eigenvalue weighted by Crippen LogP contribution is 2.23. The maximum Gasteiger partial charge on any atom is 0.254 e. The van der Waals surface area contributed by atoms with Gasteiger partial charge in [0, 0.05) is 55.6 Å². The Kier molecular flexibility index (Phi) is 5.42. The van der Waals surface area contributed by atoms with Crippen molar-refractivity contribution >= 4 is 34.9 Å². The zero-order valence-electron chi connectivity index (χ0n) is 14.8. The summed E-state index contributed by atoms with van der Waals surface area (Å²) in [7, 11) is 0. The van der Waals surface area contributed by atoms with E-state index >= 15 is 0 Å². The number of rotatable bonds is 3. The molecular formula is C19H21ClN4O2. The second kappa shape index (κ2) is 7.74. The maximum absolute atomic E-state index is 12.7. The molecule has 2 amide bonds. The average Bonchev–Trinajstić information content (AvgIpc) is 2.64. The fraction of sp³-hybridized carbons (Fsp3) is 0.316. The van der Waals surface area contributed by atoms with Gasteiger partial charge in [-0.3, -0.25) is 9.59 Å². The molecule has 0 bridgehead atoms. The molecule has 1 aromatic carbocycles. The van der Waals surface area contributed by atoms with Crippen molar-refractivity contribution in [2.75, 3.05) is 31.5 Å². The van der Waals surface area contributed by atoms with Gasteiger partial charge in [0.1, 0.15) is 5.82 Å². The smallest absolute Gasteiger partial charge is 0.254 e. The zero-order chi connectivity index (χ0) is 18.7. The molecule has 1 saturated heterocycles. The van der Waals surface area contributed by atoms with Crippen LogP contribution in [-0.4, -0.2) is 52.8 Å². The third kappa shape index (κ3) is 4.14. The topological polar surface area (TPSA) is 65.5 Å². The molecule has 0 aliphatic carbocycles. The van der Waals surface area contributed by atoms with E-state index in [0.29, 0.717) is 42.6 Å². The van der Waals surface area contributed by atoms with Gasteiger partial charge in [0.05, 0.1) is 0 Å². The molecule has 1 fully saturated rings. The second-order valence-electron chi connectivity index (χ2n) is 6.32. The summed E-state index contributed by atoms with van der Waals surface area (Å²) < 4.78 is 0. The van der Waals surface area contributed by atoms with Gasteiger partial charge >= 0.3 is 0 Å². The number of carbonyl (C=O) groups is 2. The number of anilines is 2. The quantitative estimate of drug-likeness (QED) is 0.899. The lowest BCUT2D eigenvalue weighted by molar-refractivity contribution is -0.130. The third-order valence-electron chi connectivity index (χ3n) is 4.46. The Morgan fingerprint density at radius 2 is 1.77 bits per heavy atom. The number of piperazine rings is 1. The molecule has 1 aliphatic heterocycles. The number of amides is 2. The fourth-order valence-corrected chi connectivity index (χ4v) is 3.04. The van der Waals surface area contributed by atoms with Crippen molar-refractivity contribution in [3.63, 3.8) is 0 Å². The molecule has 3 rings (SSSR count). The van der Waals surface area contributed by atoms with Gasteiger partial charge in [-0.15, -0.1) is 0 Å². The highest BCUT2D eigenvalue weighted by Gasteiger charge is 2.23. The first-order valence-corrected chi connectivity index (χ1v) is 8.86. The summed E-state index contributed by atoms with van der Waals surface area (Å²) in [4.78, 5) is 31.9.